The average molecular weight is 529 g/mol. The summed E-state index contributed by atoms with van der Waals surface area (Å²) >= 11 is 1.72. The van der Waals surface area contributed by atoms with Crippen LogP contribution in [0.25, 0.3) is 80.9 Å². The topological polar surface area (TPSA) is 43.6 Å². The molecule has 0 aliphatic rings. The van der Waals surface area contributed by atoms with Gasteiger partial charge in [0.1, 0.15) is 4.83 Å². The summed E-state index contributed by atoms with van der Waals surface area (Å²) in [4.78, 5) is 15.8. The molecule has 0 N–H and O–H groups in total. The van der Waals surface area contributed by atoms with Gasteiger partial charge in [-0.3, -0.25) is 9.55 Å². The Balaban J connectivity index is 1.49. The van der Waals surface area contributed by atoms with Crippen LogP contribution < -0.4 is 0 Å². The fraction of sp³-hybridized carbons (Fsp3) is 0. The maximum Gasteiger partial charge on any atom is 0.236 e. The van der Waals surface area contributed by atoms with Gasteiger partial charge in [-0.15, -0.1) is 11.3 Å². The van der Waals surface area contributed by atoms with Crippen LogP contribution >= 0.6 is 11.3 Å². The molecule has 5 heteroatoms. The number of rotatable bonds is 2. The lowest BCUT2D eigenvalue weighted by atomic mass is 10.00. The lowest BCUT2D eigenvalue weighted by Crippen LogP contribution is -2.02. The van der Waals surface area contributed by atoms with E-state index in [1.165, 1.54) is 42.4 Å². The first kappa shape index (κ1) is 21.8. The van der Waals surface area contributed by atoms with Crippen molar-refractivity contribution in [3.05, 3.63) is 122 Å². The van der Waals surface area contributed by atoms with E-state index in [0.29, 0.717) is 5.95 Å². The second-order valence-corrected chi connectivity index (χ2v) is 11.1. The van der Waals surface area contributed by atoms with E-state index in [4.69, 9.17) is 9.97 Å². The zero-order chi connectivity index (χ0) is 26.2. The fourth-order valence-corrected chi connectivity index (χ4v) is 7.26. The Hall–Kier alpha value is -5.13. The van der Waals surface area contributed by atoms with E-state index < -0.39 is 0 Å². The van der Waals surface area contributed by atoms with Crippen LogP contribution in [-0.2, 0) is 0 Å². The third-order valence-corrected chi connectivity index (χ3v) is 8.99. The number of hydrogen-bond acceptors (Lipinski definition) is 4. The highest BCUT2D eigenvalue weighted by molar-refractivity contribution is 7.25. The quantitative estimate of drug-likeness (QED) is 0.225. The van der Waals surface area contributed by atoms with Crippen molar-refractivity contribution in [2.24, 2.45) is 0 Å². The molecule has 0 saturated heterocycles. The standard InChI is InChI=1S/C35H20N4S/c1-3-9-24-21(7-1)13-15-27-30(24)31-25-10-4-2-8-22(25)14-16-28(31)39(27)35-37-33(23-17-19-36-20-18-23)32-26-11-5-6-12-29(26)40-34(32)38-35/h1-20H. The summed E-state index contributed by atoms with van der Waals surface area (Å²) in [5.74, 6) is 0.677. The molecule has 5 aromatic carbocycles. The molecule has 40 heavy (non-hydrogen) atoms. The number of aromatic nitrogens is 4. The number of hydrogen-bond donors (Lipinski definition) is 0. The van der Waals surface area contributed by atoms with Gasteiger partial charge in [-0.25, -0.2) is 9.97 Å². The van der Waals surface area contributed by atoms with Crippen molar-refractivity contribution in [3.8, 4) is 17.2 Å². The number of benzene rings is 5. The van der Waals surface area contributed by atoms with E-state index in [0.717, 1.165) is 32.5 Å². The summed E-state index contributed by atoms with van der Waals surface area (Å²) in [7, 11) is 0. The van der Waals surface area contributed by atoms with Crippen LogP contribution in [0.2, 0.25) is 0 Å². The minimum Gasteiger partial charge on any atom is -0.278 e. The van der Waals surface area contributed by atoms with Gasteiger partial charge >= 0.3 is 0 Å². The molecule has 0 radical (unpaired) electrons. The van der Waals surface area contributed by atoms with Gasteiger partial charge in [0.15, 0.2) is 0 Å². The van der Waals surface area contributed by atoms with Gasteiger partial charge in [-0.1, -0.05) is 78.9 Å². The van der Waals surface area contributed by atoms with Crippen molar-refractivity contribution in [2.45, 2.75) is 0 Å². The van der Waals surface area contributed by atoms with Gasteiger partial charge in [-0.05, 0) is 51.9 Å². The van der Waals surface area contributed by atoms with Crippen LogP contribution in [0.5, 0.6) is 0 Å². The second-order valence-electron chi connectivity index (χ2n) is 10.1. The molecule has 0 spiro atoms. The van der Waals surface area contributed by atoms with E-state index in [9.17, 15) is 0 Å². The highest BCUT2D eigenvalue weighted by atomic mass is 32.1. The normalized spacial score (nSPS) is 12.0. The predicted octanol–water partition coefficient (Wildman–Crippen LogP) is 9.31. The summed E-state index contributed by atoms with van der Waals surface area (Å²) in [6, 6.07) is 38.7. The Morgan fingerprint density at radius 2 is 1.12 bits per heavy atom. The van der Waals surface area contributed by atoms with Crippen LogP contribution in [0.15, 0.2) is 122 Å². The van der Waals surface area contributed by atoms with Crippen molar-refractivity contribution < 1.29 is 0 Å². The molecule has 4 aromatic heterocycles. The lowest BCUT2D eigenvalue weighted by Gasteiger charge is -2.10. The molecular formula is C35H20N4S. The molecule has 9 aromatic rings. The third kappa shape index (κ3) is 2.98. The zero-order valence-electron chi connectivity index (χ0n) is 21.2. The molecule has 0 fully saturated rings. The smallest absolute Gasteiger partial charge is 0.236 e. The molecular weight excluding hydrogens is 508 g/mol. The maximum atomic E-state index is 5.33. The monoisotopic (exact) mass is 528 g/mol. The molecule has 0 amide bonds. The van der Waals surface area contributed by atoms with Crippen LogP contribution in [-0.4, -0.2) is 19.5 Å². The Morgan fingerprint density at radius 3 is 1.80 bits per heavy atom. The molecule has 0 saturated carbocycles. The molecule has 4 nitrogen and oxygen atoms in total. The Kier molecular flexibility index (Phi) is 4.45. The third-order valence-electron chi connectivity index (χ3n) is 7.93. The highest BCUT2D eigenvalue weighted by Gasteiger charge is 2.21. The SMILES string of the molecule is c1ccc2c(c1)ccc1c2c2c3ccccc3ccc2n1-c1nc(-c2ccncc2)c2c(n1)sc1ccccc12. The summed E-state index contributed by atoms with van der Waals surface area (Å²) in [6.45, 7) is 0. The molecule has 4 heterocycles. The van der Waals surface area contributed by atoms with Crippen molar-refractivity contribution in [1.82, 2.24) is 19.5 Å². The Morgan fingerprint density at radius 1 is 0.525 bits per heavy atom. The summed E-state index contributed by atoms with van der Waals surface area (Å²) < 4.78 is 3.45. The van der Waals surface area contributed by atoms with Gasteiger partial charge in [0.25, 0.3) is 0 Å². The van der Waals surface area contributed by atoms with E-state index in [-0.39, 0.29) is 0 Å². The molecule has 0 atom stereocenters. The highest BCUT2D eigenvalue weighted by Crippen LogP contribution is 2.42. The van der Waals surface area contributed by atoms with E-state index in [1.54, 1.807) is 11.3 Å². The van der Waals surface area contributed by atoms with Crippen molar-refractivity contribution in [3.63, 3.8) is 0 Å². The average Bonchev–Trinajstić information content (AvgIpc) is 3.57. The van der Waals surface area contributed by atoms with Crippen molar-refractivity contribution in [2.75, 3.05) is 0 Å². The Labute approximate surface area is 232 Å². The van der Waals surface area contributed by atoms with Crippen LogP contribution in [0.1, 0.15) is 0 Å². The minimum absolute atomic E-state index is 0.677. The lowest BCUT2D eigenvalue weighted by molar-refractivity contribution is 1.02. The summed E-state index contributed by atoms with van der Waals surface area (Å²) in [6.07, 6.45) is 3.66. The largest absolute Gasteiger partial charge is 0.278 e. The molecule has 186 valence electrons. The number of thiophene rings is 1. The number of fused-ring (bicyclic) bond motifs is 10. The van der Waals surface area contributed by atoms with Gasteiger partial charge in [0, 0.05) is 44.2 Å². The molecule has 0 bridgehead atoms. The number of nitrogens with zero attached hydrogens (tertiary/aromatic N) is 4. The van der Waals surface area contributed by atoms with E-state index in [2.05, 4.69) is 107 Å². The summed E-state index contributed by atoms with van der Waals surface area (Å²) in [5.41, 5.74) is 4.16. The van der Waals surface area contributed by atoms with Gasteiger partial charge < -0.3 is 0 Å². The van der Waals surface area contributed by atoms with Crippen LogP contribution in [0, 0.1) is 0 Å². The second kappa shape index (κ2) is 8.18. The van der Waals surface area contributed by atoms with Gasteiger partial charge in [0.2, 0.25) is 5.95 Å². The van der Waals surface area contributed by atoms with Crippen LogP contribution in [0.3, 0.4) is 0 Å². The van der Waals surface area contributed by atoms with Gasteiger partial charge in [0.05, 0.1) is 16.7 Å². The minimum atomic E-state index is 0.677. The van der Waals surface area contributed by atoms with Crippen molar-refractivity contribution in [1.29, 1.82) is 0 Å². The van der Waals surface area contributed by atoms with E-state index in [1.807, 2.05) is 24.5 Å². The Bertz CT molecular complexity index is 2340. The summed E-state index contributed by atoms with van der Waals surface area (Å²) in [5, 5.41) is 9.65. The van der Waals surface area contributed by atoms with Gasteiger partial charge in [-0.2, -0.15) is 0 Å². The molecule has 0 unspecified atom stereocenters. The number of pyridine rings is 1. The zero-order valence-corrected chi connectivity index (χ0v) is 22.1. The fourth-order valence-electron chi connectivity index (χ4n) is 6.19. The predicted molar refractivity (Wildman–Crippen MR) is 168 cm³/mol. The molecule has 0 aliphatic heterocycles. The maximum absolute atomic E-state index is 5.33. The first-order valence-corrected chi connectivity index (χ1v) is 14.1. The van der Waals surface area contributed by atoms with E-state index >= 15 is 0 Å². The van der Waals surface area contributed by atoms with Crippen LogP contribution in [0.4, 0.5) is 0 Å². The first-order valence-electron chi connectivity index (χ1n) is 13.3. The molecule has 0 aliphatic carbocycles. The molecule has 9 rings (SSSR count). The van der Waals surface area contributed by atoms with Crippen molar-refractivity contribution >= 4 is 75.0 Å². The first-order chi connectivity index (χ1) is 19.8.